The average molecular weight is 266 g/mol. The number of nitrogens with one attached hydrogen (secondary N) is 1. The number of aryl methyl sites for hydroxylation is 1. The lowest BCUT2D eigenvalue weighted by Crippen LogP contribution is -2.20. The molecule has 0 spiro atoms. The van der Waals surface area contributed by atoms with Crippen molar-refractivity contribution in [2.45, 2.75) is 19.5 Å². The summed E-state index contributed by atoms with van der Waals surface area (Å²) in [5.74, 6) is 0.837. The zero-order chi connectivity index (χ0) is 14.4. The van der Waals surface area contributed by atoms with E-state index in [0.717, 1.165) is 22.4 Å². The Balaban J connectivity index is 2.04. The first-order valence-corrected chi connectivity index (χ1v) is 6.56. The molecule has 0 fully saturated rings. The third-order valence-electron chi connectivity index (χ3n) is 3.30. The second kappa shape index (κ2) is 6.74. The summed E-state index contributed by atoms with van der Waals surface area (Å²) in [5.41, 5.74) is 3.28. The zero-order valence-electron chi connectivity index (χ0n) is 11.8. The summed E-state index contributed by atoms with van der Waals surface area (Å²) >= 11 is 0. The van der Waals surface area contributed by atoms with Crippen LogP contribution in [-0.4, -0.2) is 7.11 Å². The Morgan fingerprint density at radius 1 is 1.15 bits per heavy atom. The van der Waals surface area contributed by atoms with Gasteiger partial charge in [-0.2, -0.15) is 5.26 Å². The fourth-order valence-electron chi connectivity index (χ4n) is 2.10. The molecule has 0 radical (unpaired) electrons. The average Bonchev–Trinajstić information content (AvgIpc) is 2.50. The molecular weight excluding hydrogens is 248 g/mol. The monoisotopic (exact) mass is 266 g/mol. The van der Waals surface area contributed by atoms with Crippen molar-refractivity contribution in [3.05, 3.63) is 65.2 Å². The minimum atomic E-state index is -0.293. The normalized spacial score (nSPS) is 11.7. The molecule has 1 unspecified atom stereocenters. The lowest BCUT2D eigenvalue weighted by atomic mass is 10.0. The van der Waals surface area contributed by atoms with Gasteiger partial charge in [0.25, 0.3) is 0 Å². The van der Waals surface area contributed by atoms with E-state index in [1.54, 1.807) is 7.11 Å². The summed E-state index contributed by atoms with van der Waals surface area (Å²) in [6, 6.07) is 17.8. The van der Waals surface area contributed by atoms with Crippen molar-refractivity contribution in [3.63, 3.8) is 0 Å². The van der Waals surface area contributed by atoms with E-state index in [2.05, 4.69) is 11.4 Å². The molecule has 0 saturated carbocycles. The quantitative estimate of drug-likeness (QED) is 0.902. The second-order valence-electron chi connectivity index (χ2n) is 4.65. The molecular formula is C17H18N2O. The Bertz CT molecular complexity index is 599. The summed E-state index contributed by atoms with van der Waals surface area (Å²) in [6.45, 7) is 2.67. The third kappa shape index (κ3) is 3.37. The molecule has 2 aromatic rings. The van der Waals surface area contributed by atoms with Gasteiger partial charge in [0, 0.05) is 6.54 Å². The van der Waals surface area contributed by atoms with Gasteiger partial charge in [-0.15, -0.1) is 0 Å². The number of ether oxygens (including phenoxy) is 1. The first kappa shape index (κ1) is 14.1. The summed E-state index contributed by atoms with van der Waals surface area (Å²) < 4.78 is 5.13. The van der Waals surface area contributed by atoms with Gasteiger partial charge in [0.2, 0.25) is 0 Å². The van der Waals surface area contributed by atoms with E-state index in [0.29, 0.717) is 6.54 Å². The fourth-order valence-corrected chi connectivity index (χ4v) is 2.10. The number of rotatable bonds is 5. The first-order valence-electron chi connectivity index (χ1n) is 6.56. The molecule has 0 amide bonds. The molecule has 0 aliphatic rings. The highest BCUT2D eigenvalue weighted by atomic mass is 16.5. The summed E-state index contributed by atoms with van der Waals surface area (Å²) in [4.78, 5) is 0. The van der Waals surface area contributed by atoms with Gasteiger partial charge in [0.05, 0.1) is 13.2 Å². The smallest absolute Gasteiger partial charge is 0.121 e. The van der Waals surface area contributed by atoms with Crippen LogP contribution >= 0.6 is 0 Å². The Labute approximate surface area is 119 Å². The number of benzene rings is 2. The van der Waals surface area contributed by atoms with Crippen LogP contribution in [-0.2, 0) is 6.54 Å². The maximum absolute atomic E-state index is 9.33. The van der Waals surface area contributed by atoms with Gasteiger partial charge in [-0.25, -0.2) is 0 Å². The molecule has 0 aliphatic heterocycles. The van der Waals surface area contributed by atoms with E-state index in [-0.39, 0.29) is 6.04 Å². The first-order chi connectivity index (χ1) is 9.74. The molecule has 0 bridgehead atoms. The Morgan fingerprint density at radius 2 is 1.85 bits per heavy atom. The maximum atomic E-state index is 9.33. The fraction of sp³-hybridized carbons (Fsp3) is 0.235. The third-order valence-corrected chi connectivity index (χ3v) is 3.30. The number of methoxy groups -OCH3 is 1. The maximum Gasteiger partial charge on any atom is 0.121 e. The molecule has 20 heavy (non-hydrogen) atoms. The van der Waals surface area contributed by atoms with Crippen LogP contribution in [0.3, 0.4) is 0 Å². The van der Waals surface area contributed by atoms with Gasteiger partial charge < -0.3 is 4.74 Å². The van der Waals surface area contributed by atoms with Crippen molar-refractivity contribution in [1.82, 2.24) is 5.32 Å². The predicted octanol–water partition coefficient (Wildman–Crippen LogP) is 3.36. The van der Waals surface area contributed by atoms with Gasteiger partial charge in [-0.1, -0.05) is 36.4 Å². The molecule has 0 heterocycles. The lowest BCUT2D eigenvalue weighted by molar-refractivity contribution is 0.414. The highest BCUT2D eigenvalue weighted by molar-refractivity contribution is 5.33. The highest BCUT2D eigenvalue weighted by Gasteiger charge is 2.11. The molecule has 102 valence electrons. The second-order valence-corrected chi connectivity index (χ2v) is 4.65. The van der Waals surface area contributed by atoms with Gasteiger partial charge in [0.1, 0.15) is 11.8 Å². The Morgan fingerprint density at radius 3 is 2.45 bits per heavy atom. The Hall–Kier alpha value is -2.31. The van der Waals surface area contributed by atoms with Crippen molar-refractivity contribution in [2.75, 3.05) is 7.11 Å². The molecule has 0 aliphatic carbocycles. The van der Waals surface area contributed by atoms with Crippen LogP contribution in [0.1, 0.15) is 22.7 Å². The molecule has 3 heteroatoms. The van der Waals surface area contributed by atoms with Crippen molar-refractivity contribution in [1.29, 1.82) is 5.26 Å². The molecule has 0 saturated heterocycles. The predicted molar refractivity (Wildman–Crippen MR) is 79.4 cm³/mol. The Kier molecular flexibility index (Phi) is 4.75. The molecule has 3 nitrogen and oxygen atoms in total. The van der Waals surface area contributed by atoms with Crippen LogP contribution in [0.5, 0.6) is 5.75 Å². The van der Waals surface area contributed by atoms with Crippen LogP contribution in [0, 0.1) is 18.3 Å². The summed E-state index contributed by atoms with van der Waals surface area (Å²) in [7, 11) is 1.65. The minimum Gasteiger partial charge on any atom is -0.497 e. The molecule has 1 atom stereocenters. The molecule has 2 aromatic carbocycles. The van der Waals surface area contributed by atoms with Gasteiger partial charge >= 0.3 is 0 Å². The standard InChI is InChI=1S/C17H18N2O/c1-13-5-3-4-6-16(13)17(11-18)19-12-14-7-9-15(20-2)10-8-14/h3-10,17,19H,12H2,1-2H3. The van der Waals surface area contributed by atoms with Crippen LogP contribution < -0.4 is 10.1 Å². The van der Waals surface area contributed by atoms with Crippen molar-refractivity contribution < 1.29 is 4.74 Å². The number of hydrogen-bond acceptors (Lipinski definition) is 3. The summed E-state index contributed by atoms with van der Waals surface area (Å²) in [5, 5.41) is 12.6. The van der Waals surface area contributed by atoms with E-state index in [1.807, 2.05) is 55.5 Å². The van der Waals surface area contributed by atoms with Gasteiger partial charge in [-0.3, -0.25) is 5.32 Å². The van der Waals surface area contributed by atoms with E-state index >= 15 is 0 Å². The zero-order valence-corrected chi connectivity index (χ0v) is 11.8. The van der Waals surface area contributed by atoms with E-state index in [4.69, 9.17) is 4.74 Å². The number of hydrogen-bond donors (Lipinski definition) is 1. The SMILES string of the molecule is COc1ccc(CNC(C#N)c2ccccc2C)cc1. The van der Waals surface area contributed by atoms with Crippen LogP contribution in [0.2, 0.25) is 0 Å². The topological polar surface area (TPSA) is 45.0 Å². The highest BCUT2D eigenvalue weighted by Crippen LogP contribution is 2.18. The van der Waals surface area contributed by atoms with Crippen molar-refractivity contribution >= 4 is 0 Å². The van der Waals surface area contributed by atoms with Crippen molar-refractivity contribution in [3.8, 4) is 11.8 Å². The minimum absolute atomic E-state index is 0.293. The van der Waals surface area contributed by atoms with Crippen LogP contribution in [0.4, 0.5) is 0 Å². The molecule has 1 N–H and O–H groups in total. The van der Waals surface area contributed by atoms with Crippen molar-refractivity contribution in [2.24, 2.45) is 0 Å². The van der Waals surface area contributed by atoms with E-state index in [9.17, 15) is 5.26 Å². The van der Waals surface area contributed by atoms with Gasteiger partial charge in [0.15, 0.2) is 0 Å². The van der Waals surface area contributed by atoms with Gasteiger partial charge in [-0.05, 0) is 35.7 Å². The molecule has 0 aromatic heterocycles. The van der Waals surface area contributed by atoms with Crippen LogP contribution in [0.15, 0.2) is 48.5 Å². The lowest BCUT2D eigenvalue weighted by Gasteiger charge is -2.14. The van der Waals surface area contributed by atoms with Crippen LogP contribution in [0.25, 0.3) is 0 Å². The largest absolute Gasteiger partial charge is 0.497 e. The van der Waals surface area contributed by atoms with E-state index in [1.165, 1.54) is 0 Å². The number of nitriles is 1. The number of nitrogens with zero attached hydrogens (tertiary/aromatic N) is 1. The summed E-state index contributed by atoms with van der Waals surface area (Å²) in [6.07, 6.45) is 0. The molecule has 2 rings (SSSR count). The van der Waals surface area contributed by atoms with E-state index < -0.39 is 0 Å².